The van der Waals surface area contributed by atoms with Crippen LogP contribution in [0.5, 0.6) is 5.75 Å². The van der Waals surface area contributed by atoms with Crippen molar-refractivity contribution in [3.63, 3.8) is 0 Å². The van der Waals surface area contributed by atoms with Crippen LogP contribution in [0.3, 0.4) is 0 Å². The summed E-state index contributed by atoms with van der Waals surface area (Å²) in [6.07, 6.45) is 3.83. The molecule has 34 heavy (non-hydrogen) atoms. The Morgan fingerprint density at radius 1 is 1.12 bits per heavy atom. The van der Waals surface area contributed by atoms with Crippen LogP contribution in [0.4, 0.5) is 21.8 Å². The largest absolute Gasteiger partial charge is 0.426 e. The molecule has 0 amide bonds. The monoisotopic (exact) mass is 460 g/mol. The molecule has 1 N–H and O–H groups in total. The summed E-state index contributed by atoms with van der Waals surface area (Å²) in [5, 5.41) is 3.19. The molecule has 1 unspecified atom stereocenters. The van der Waals surface area contributed by atoms with Crippen molar-refractivity contribution in [3.8, 4) is 5.75 Å². The Labute approximate surface area is 199 Å². The summed E-state index contributed by atoms with van der Waals surface area (Å²) in [6, 6.07) is 12.2. The van der Waals surface area contributed by atoms with Gasteiger partial charge in [0, 0.05) is 23.5 Å². The predicted octanol–water partition coefficient (Wildman–Crippen LogP) is 5.81. The minimum Gasteiger partial charge on any atom is -0.426 e. The van der Waals surface area contributed by atoms with Crippen LogP contribution in [0, 0.1) is 25.6 Å². The van der Waals surface area contributed by atoms with Gasteiger partial charge in [-0.25, -0.2) is 9.37 Å². The first-order valence-corrected chi connectivity index (χ1v) is 11.9. The van der Waals surface area contributed by atoms with Gasteiger partial charge in [-0.3, -0.25) is 4.79 Å². The maximum absolute atomic E-state index is 13.3. The number of aryl methyl sites for hydroxylation is 1. The molecule has 0 spiro atoms. The van der Waals surface area contributed by atoms with Crippen LogP contribution in [0.15, 0.2) is 42.5 Å². The third-order valence-corrected chi connectivity index (χ3v) is 7.05. The van der Waals surface area contributed by atoms with E-state index in [9.17, 15) is 9.18 Å². The number of nitrogens with one attached hydrogen (secondary N) is 1. The van der Waals surface area contributed by atoms with E-state index in [-0.39, 0.29) is 23.7 Å². The van der Waals surface area contributed by atoms with Crippen molar-refractivity contribution < 1.29 is 13.9 Å². The van der Waals surface area contributed by atoms with Gasteiger partial charge in [-0.1, -0.05) is 12.5 Å². The van der Waals surface area contributed by atoms with E-state index in [2.05, 4.69) is 28.2 Å². The minimum atomic E-state index is -0.286. The van der Waals surface area contributed by atoms with E-state index in [0.717, 1.165) is 60.6 Å². The van der Waals surface area contributed by atoms with Crippen LogP contribution in [-0.4, -0.2) is 22.5 Å². The fourth-order valence-corrected chi connectivity index (χ4v) is 4.60. The predicted molar refractivity (Wildman–Crippen MR) is 130 cm³/mol. The summed E-state index contributed by atoms with van der Waals surface area (Å²) in [7, 11) is 0. The van der Waals surface area contributed by atoms with E-state index in [4.69, 9.17) is 9.72 Å². The minimum absolute atomic E-state index is 0.0450. The number of anilines is 3. The van der Waals surface area contributed by atoms with Crippen molar-refractivity contribution in [2.75, 3.05) is 16.8 Å². The molecule has 0 bridgehead atoms. The van der Waals surface area contributed by atoms with E-state index >= 15 is 0 Å². The van der Waals surface area contributed by atoms with Gasteiger partial charge in [0.2, 0.25) is 5.95 Å². The van der Waals surface area contributed by atoms with Crippen LogP contribution >= 0.6 is 0 Å². The second kappa shape index (κ2) is 9.05. The first-order chi connectivity index (χ1) is 16.4. The number of benzene rings is 2. The standard InChI is InChI=1S/C27H29FN4O2/c1-16-17(2)29-27(30-22-10-8-21(28)9-11-22)31-25(16)32-14-13-19-7-12-23(15-24(19)18(32)3)34-26(33)20-5-4-6-20/h7-12,15,18,20H,4-6,13-14H2,1-3H3,(H,29,30,31). The normalized spacial score (nSPS) is 17.6. The van der Waals surface area contributed by atoms with Gasteiger partial charge in [-0.2, -0.15) is 4.98 Å². The molecular weight excluding hydrogens is 431 g/mol. The number of fused-ring (bicyclic) bond motifs is 1. The molecule has 5 rings (SSSR count). The van der Waals surface area contributed by atoms with Crippen molar-refractivity contribution in [2.24, 2.45) is 5.92 Å². The Hall–Kier alpha value is -3.48. The molecular formula is C27H29FN4O2. The van der Waals surface area contributed by atoms with E-state index in [0.29, 0.717) is 11.7 Å². The number of carbonyl (C=O) groups is 1. The van der Waals surface area contributed by atoms with Crippen LogP contribution in [-0.2, 0) is 11.2 Å². The number of carbonyl (C=O) groups excluding carboxylic acids is 1. The Morgan fingerprint density at radius 3 is 2.59 bits per heavy atom. The van der Waals surface area contributed by atoms with Gasteiger partial charge in [0.05, 0.1) is 12.0 Å². The fourth-order valence-electron chi connectivity index (χ4n) is 4.60. The lowest BCUT2D eigenvalue weighted by Crippen LogP contribution is -2.35. The zero-order valence-electron chi connectivity index (χ0n) is 19.8. The molecule has 2 aromatic carbocycles. The Kier molecular flexibility index (Phi) is 5.94. The molecule has 7 heteroatoms. The molecule has 0 saturated heterocycles. The smallest absolute Gasteiger partial charge is 0.314 e. The van der Waals surface area contributed by atoms with Crippen LogP contribution in [0.1, 0.15) is 54.6 Å². The summed E-state index contributed by atoms with van der Waals surface area (Å²) in [4.78, 5) is 24.0. The molecule has 176 valence electrons. The van der Waals surface area contributed by atoms with Crippen molar-refractivity contribution in [1.29, 1.82) is 0 Å². The van der Waals surface area contributed by atoms with Crippen LogP contribution < -0.4 is 15.0 Å². The Morgan fingerprint density at radius 2 is 1.88 bits per heavy atom. The zero-order valence-corrected chi connectivity index (χ0v) is 19.8. The first-order valence-electron chi connectivity index (χ1n) is 11.9. The van der Waals surface area contributed by atoms with Crippen LogP contribution in [0.2, 0.25) is 0 Å². The number of halogens is 1. The van der Waals surface area contributed by atoms with E-state index in [1.807, 2.05) is 26.0 Å². The van der Waals surface area contributed by atoms with E-state index in [1.165, 1.54) is 17.7 Å². The van der Waals surface area contributed by atoms with E-state index in [1.54, 1.807) is 12.1 Å². The number of aromatic nitrogens is 2. The number of esters is 1. The third-order valence-electron chi connectivity index (χ3n) is 7.05. The maximum atomic E-state index is 13.3. The molecule has 1 atom stereocenters. The molecule has 1 aliphatic carbocycles. The number of nitrogens with zero attached hydrogens (tertiary/aromatic N) is 3. The van der Waals surface area contributed by atoms with Crippen molar-refractivity contribution >= 4 is 23.4 Å². The molecule has 3 aromatic rings. The summed E-state index contributed by atoms with van der Waals surface area (Å²) in [5.74, 6) is 1.59. The molecule has 2 heterocycles. The van der Waals surface area contributed by atoms with Gasteiger partial charge in [-0.05, 0) is 87.6 Å². The number of hydrogen-bond acceptors (Lipinski definition) is 6. The summed E-state index contributed by atoms with van der Waals surface area (Å²) < 4.78 is 19.0. The molecule has 1 aromatic heterocycles. The van der Waals surface area contributed by atoms with Gasteiger partial charge in [0.15, 0.2) is 0 Å². The number of hydrogen-bond donors (Lipinski definition) is 1. The van der Waals surface area contributed by atoms with Crippen LogP contribution in [0.25, 0.3) is 0 Å². The topological polar surface area (TPSA) is 67.3 Å². The second-order valence-corrected chi connectivity index (χ2v) is 9.24. The summed E-state index contributed by atoms with van der Waals surface area (Å²) >= 11 is 0. The quantitative estimate of drug-likeness (QED) is 0.383. The Bertz CT molecular complexity index is 1220. The summed E-state index contributed by atoms with van der Waals surface area (Å²) in [5.41, 5.74) is 5.04. The average Bonchev–Trinajstić information content (AvgIpc) is 2.77. The van der Waals surface area contributed by atoms with Gasteiger partial charge < -0.3 is 15.0 Å². The molecule has 6 nitrogen and oxygen atoms in total. The lowest BCUT2D eigenvalue weighted by Gasteiger charge is -2.37. The van der Waals surface area contributed by atoms with Gasteiger partial charge in [0.1, 0.15) is 17.4 Å². The lowest BCUT2D eigenvalue weighted by atomic mass is 9.86. The molecule has 1 fully saturated rings. The Balaban J connectivity index is 1.41. The molecule has 1 saturated carbocycles. The number of rotatable bonds is 5. The molecule has 0 radical (unpaired) electrons. The molecule has 2 aliphatic rings. The van der Waals surface area contributed by atoms with Gasteiger partial charge >= 0.3 is 5.97 Å². The van der Waals surface area contributed by atoms with Crippen molar-refractivity contribution in [1.82, 2.24) is 9.97 Å². The SMILES string of the molecule is Cc1nc(Nc2ccc(F)cc2)nc(N2CCc3ccc(OC(=O)C4CCC4)cc3C2C)c1C. The van der Waals surface area contributed by atoms with Crippen molar-refractivity contribution in [3.05, 3.63) is 70.7 Å². The van der Waals surface area contributed by atoms with Gasteiger partial charge in [0.25, 0.3) is 0 Å². The van der Waals surface area contributed by atoms with E-state index < -0.39 is 0 Å². The maximum Gasteiger partial charge on any atom is 0.314 e. The average molecular weight is 461 g/mol. The summed E-state index contributed by atoms with van der Waals surface area (Å²) in [6.45, 7) is 6.98. The fraction of sp³-hybridized carbons (Fsp3) is 0.370. The van der Waals surface area contributed by atoms with Crippen molar-refractivity contribution in [2.45, 2.75) is 52.5 Å². The highest BCUT2D eigenvalue weighted by Crippen LogP contribution is 2.37. The second-order valence-electron chi connectivity index (χ2n) is 9.24. The molecule has 1 aliphatic heterocycles. The lowest BCUT2D eigenvalue weighted by molar-refractivity contribution is -0.141. The highest BCUT2D eigenvalue weighted by molar-refractivity contribution is 5.76. The highest BCUT2D eigenvalue weighted by atomic mass is 19.1. The first kappa shape index (κ1) is 22.3. The highest BCUT2D eigenvalue weighted by Gasteiger charge is 2.30. The van der Waals surface area contributed by atoms with Gasteiger partial charge in [-0.15, -0.1) is 0 Å². The number of ether oxygens (including phenoxy) is 1. The zero-order chi connectivity index (χ0) is 23.8. The third kappa shape index (κ3) is 4.34.